The Labute approximate surface area is 117 Å². The van der Waals surface area contributed by atoms with Gasteiger partial charge in [0.15, 0.2) is 0 Å². The minimum atomic E-state index is 0.443. The van der Waals surface area contributed by atoms with Crippen molar-refractivity contribution in [3.63, 3.8) is 0 Å². The zero-order valence-electron chi connectivity index (χ0n) is 11.3. The molecule has 0 spiro atoms. The van der Waals surface area contributed by atoms with Gasteiger partial charge >= 0.3 is 0 Å². The molecule has 0 saturated carbocycles. The number of pyridine rings is 1. The molecule has 100 valence electrons. The monoisotopic (exact) mass is 264 g/mol. The van der Waals surface area contributed by atoms with Crippen LogP contribution in [-0.4, -0.2) is 14.5 Å². The molecule has 2 aromatic heterocycles. The Bertz CT molecular complexity index is 713. The van der Waals surface area contributed by atoms with Gasteiger partial charge in [-0.15, -0.1) is 0 Å². The second-order valence-electron chi connectivity index (χ2n) is 4.59. The van der Waals surface area contributed by atoms with Crippen LogP contribution in [0.3, 0.4) is 0 Å². The summed E-state index contributed by atoms with van der Waals surface area (Å²) in [4.78, 5) is 8.56. The van der Waals surface area contributed by atoms with Crippen LogP contribution in [0.5, 0.6) is 0 Å². The summed E-state index contributed by atoms with van der Waals surface area (Å²) in [5.74, 6) is 0.974. The number of benzene rings is 1. The Morgan fingerprint density at radius 1 is 1.05 bits per heavy atom. The van der Waals surface area contributed by atoms with Gasteiger partial charge in [-0.1, -0.05) is 18.2 Å². The van der Waals surface area contributed by atoms with Gasteiger partial charge in [-0.2, -0.15) is 0 Å². The largest absolute Gasteiger partial charge is 0.325 e. The molecule has 0 aliphatic heterocycles. The number of hydrogen-bond donors (Lipinski definition) is 1. The van der Waals surface area contributed by atoms with Crippen LogP contribution in [0.2, 0.25) is 0 Å². The van der Waals surface area contributed by atoms with E-state index in [0.29, 0.717) is 6.54 Å². The van der Waals surface area contributed by atoms with Gasteiger partial charge in [0.2, 0.25) is 0 Å². The van der Waals surface area contributed by atoms with Crippen LogP contribution >= 0.6 is 0 Å². The summed E-state index contributed by atoms with van der Waals surface area (Å²) < 4.78 is 2.05. The predicted molar refractivity (Wildman–Crippen MR) is 79.4 cm³/mol. The topological polar surface area (TPSA) is 56.7 Å². The molecule has 20 heavy (non-hydrogen) atoms. The molecule has 0 radical (unpaired) electrons. The van der Waals surface area contributed by atoms with E-state index in [0.717, 1.165) is 28.3 Å². The maximum Gasteiger partial charge on any atom is 0.110 e. The third-order valence-electron chi connectivity index (χ3n) is 3.37. The fraction of sp³-hybridized carbons (Fsp3) is 0.125. The molecule has 0 amide bonds. The SMILES string of the molecule is Cc1nccn1-c1ccc(-c2cccnc2CN)cc1. The highest BCUT2D eigenvalue weighted by Crippen LogP contribution is 2.23. The molecule has 2 heterocycles. The summed E-state index contributed by atoms with van der Waals surface area (Å²) in [7, 11) is 0. The average molecular weight is 264 g/mol. The summed E-state index contributed by atoms with van der Waals surface area (Å²) in [5, 5.41) is 0. The third kappa shape index (κ3) is 2.21. The van der Waals surface area contributed by atoms with Crippen molar-refractivity contribution in [1.82, 2.24) is 14.5 Å². The smallest absolute Gasteiger partial charge is 0.110 e. The number of rotatable bonds is 3. The molecule has 0 fully saturated rings. The summed E-state index contributed by atoms with van der Waals surface area (Å²) in [6, 6.07) is 12.3. The second-order valence-corrected chi connectivity index (χ2v) is 4.59. The Morgan fingerprint density at radius 2 is 1.85 bits per heavy atom. The van der Waals surface area contributed by atoms with Crippen LogP contribution in [0.25, 0.3) is 16.8 Å². The fourth-order valence-corrected chi connectivity index (χ4v) is 2.32. The molecule has 0 atom stereocenters. The highest BCUT2D eigenvalue weighted by molar-refractivity contribution is 5.66. The zero-order valence-corrected chi connectivity index (χ0v) is 11.3. The molecule has 1 aromatic carbocycles. The van der Waals surface area contributed by atoms with Gasteiger partial charge in [-0.05, 0) is 30.7 Å². The standard InChI is InChI=1S/C16H16N4/c1-12-18-9-10-20(12)14-6-4-13(5-7-14)15-3-2-8-19-16(15)11-17/h2-10H,11,17H2,1H3. The van der Waals surface area contributed by atoms with Gasteiger partial charge in [0, 0.05) is 36.4 Å². The van der Waals surface area contributed by atoms with E-state index in [-0.39, 0.29) is 0 Å². The highest BCUT2D eigenvalue weighted by Gasteiger charge is 2.05. The van der Waals surface area contributed by atoms with E-state index in [2.05, 4.69) is 38.8 Å². The van der Waals surface area contributed by atoms with E-state index in [4.69, 9.17) is 5.73 Å². The molecule has 0 aliphatic rings. The molecule has 0 unspecified atom stereocenters. The van der Waals surface area contributed by atoms with Crippen molar-refractivity contribution in [2.45, 2.75) is 13.5 Å². The van der Waals surface area contributed by atoms with Crippen molar-refractivity contribution in [1.29, 1.82) is 0 Å². The first kappa shape index (κ1) is 12.6. The van der Waals surface area contributed by atoms with Crippen LogP contribution in [-0.2, 0) is 6.54 Å². The quantitative estimate of drug-likeness (QED) is 0.791. The molecule has 0 bridgehead atoms. The lowest BCUT2D eigenvalue weighted by Gasteiger charge is -2.09. The molecule has 3 aromatic rings. The van der Waals surface area contributed by atoms with E-state index in [9.17, 15) is 0 Å². The summed E-state index contributed by atoms with van der Waals surface area (Å²) in [6.07, 6.45) is 5.53. The molecule has 4 heteroatoms. The Kier molecular flexibility index (Phi) is 3.31. The van der Waals surface area contributed by atoms with E-state index in [1.807, 2.05) is 25.3 Å². The maximum absolute atomic E-state index is 5.74. The first-order chi connectivity index (χ1) is 9.79. The number of nitrogens with two attached hydrogens (primary N) is 1. The van der Waals surface area contributed by atoms with Gasteiger partial charge in [-0.3, -0.25) is 4.98 Å². The molecule has 3 rings (SSSR count). The summed E-state index contributed by atoms with van der Waals surface area (Å²) in [5.41, 5.74) is 9.97. The van der Waals surface area contributed by atoms with E-state index in [1.54, 1.807) is 12.4 Å². The van der Waals surface area contributed by atoms with E-state index in [1.165, 1.54) is 0 Å². The lowest BCUT2D eigenvalue weighted by molar-refractivity contribution is 0.974. The fourth-order valence-electron chi connectivity index (χ4n) is 2.32. The van der Waals surface area contributed by atoms with Crippen molar-refractivity contribution in [2.75, 3.05) is 0 Å². The first-order valence-electron chi connectivity index (χ1n) is 6.54. The molecular formula is C16H16N4. The van der Waals surface area contributed by atoms with E-state index < -0.39 is 0 Å². The number of aromatic nitrogens is 3. The molecule has 0 aliphatic carbocycles. The summed E-state index contributed by atoms with van der Waals surface area (Å²) >= 11 is 0. The van der Waals surface area contributed by atoms with Crippen LogP contribution in [0, 0.1) is 6.92 Å². The number of nitrogens with zero attached hydrogens (tertiary/aromatic N) is 3. The normalized spacial score (nSPS) is 10.7. The molecule has 4 nitrogen and oxygen atoms in total. The van der Waals surface area contributed by atoms with Crippen molar-refractivity contribution < 1.29 is 0 Å². The predicted octanol–water partition coefficient (Wildman–Crippen LogP) is 2.70. The van der Waals surface area contributed by atoms with Crippen molar-refractivity contribution in [3.05, 3.63) is 66.5 Å². The van der Waals surface area contributed by atoms with Crippen molar-refractivity contribution >= 4 is 0 Å². The van der Waals surface area contributed by atoms with Gasteiger partial charge < -0.3 is 10.3 Å². The van der Waals surface area contributed by atoms with Crippen LogP contribution in [0.15, 0.2) is 55.0 Å². The lowest BCUT2D eigenvalue weighted by atomic mass is 10.0. The van der Waals surface area contributed by atoms with Crippen molar-refractivity contribution in [2.24, 2.45) is 5.73 Å². The van der Waals surface area contributed by atoms with Crippen molar-refractivity contribution in [3.8, 4) is 16.8 Å². The maximum atomic E-state index is 5.74. The Hall–Kier alpha value is -2.46. The zero-order chi connectivity index (χ0) is 13.9. The minimum Gasteiger partial charge on any atom is -0.325 e. The summed E-state index contributed by atoms with van der Waals surface area (Å²) in [6.45, 7) is 2.43. The Balaban J connectivity index is 2.00. The van der Waals surface area contributed by atoms with Crippen LogP contribution < -0.4 is 5.73 Å². The molecule has 2 N–H and O–H groups in total. The minimum absolute atomic E-state index is 0.443. The molecular weight excluding hydrogens is 248 g/mol. The first-order valence-corrected chi connectivity index (χ1v) is 6.54. The van der Waals surface area contributed by atoms with Gasteiger partial charge in [-0.25, -0.2) is 4.98 Å². The van der Waals surface area contributed by atoms with Gasteiger partial charge in [0.1, 0.15) is 5.82 Å². The van der Waals surface area contributed by atoms with Crippen LogP contribution in [0.1, 0.15) is 11.5 Å². The van der Waals surface area contributed by atoms with Gasteiger partial charge in [0.25, 0.3) is 0 Å². The second kappa shape index (κ2) is 5.27. The lowest BCUT2D eigenvalue weighted by Crippen LogP contribution is -2.01. The number of hydrogen-bond acceptors (Lipinski definition) is 3. The van der Waals surface area contributed by atoms with Gasteiger partial charge in [0.05, 0.1) is 5.69 Å². The number of aryl methyl sites for hydroxylation is 1. The van der Waals surface area contributed by atoms with E-state index >= 15 is 0 Å². The number of imidazole rings is 1. The third-order valence-corrected chi connectivity index (χ3v) is 3.37. The molecule has 0 saturated heterocycles. The van der Waals surface area contributed by atoms with Crippen LogP contribution in [0.4, 0.5) is 0 Å². The average Bonchev–Trinajstić information content (AvgIpc) is 2.93. The Morgan fingerprint density at radius 3 is 2.50 bits per heavy atom. The highest BCUT2D eigenvalue weighted by atomic mass is 15.1.